The minimum atomic E-state index is -1.02. The molecule has 0 fully saturated rings. The van der Waals surface area contributed by atoms with Gasteiger partial charge in [0.1, 0.15) is 5.60 Å². The van der Waals surface area contributed by atoms with E-state index in [1.165, 1.54) is 26.2 Å². The number of methoxy groups -OCH3 is 1. The molecule has 0 bridgehead atoms. The smallest absolute Gasteiger partial charge is 0.306 e. The first-order chi connectivity index (χ1) is 11.5. The van der Waals surface area contributed by atoms with Crippen LogP contribution in [0.1, 0.15) is 52.2 Å². The standard InChI is InChI=1S/C17H25NO7/c1-11(19)12-9-14(23-5)15(10-13(12)18(21)22)24-8-6-7-16(20)25-17(2,3)4/h9-11,19H,6-8H2,1-5H3. The monoisotopic (exact) mass is 355 g/mol. The lowest BCUT2D eigenvalue weighted by Gasteiger charge is -2.19. The summed E-state index contributed by atoms with van der Waals surface area (Å²) in [6.45, 7) is 6.96. The number of ether oxygens (including phenoxy) is 3. The van der Waals surface area contributed by atoms with Gasteiger partial charge in [-0.05, 0) is 40.2 Å². The van der Waals surface area contributed by atoms with E-state index >= 15 is 0 Å². The summed E-state index contributed by atoms with van der Waals surface area (Å²) in [6, 6.07) is 2.60. The molecular formula is C17H25NO7. The van der Waals surface area contributed by atoms with Crippen molar-refractivity contribution in [3.05, 3.63) is 27.8 Å². The van der Waals surface area contributed by atoms with Crippen LogP contribution in [0.5, 0.6) is 11.5 Å². The molecule has 0 aliphatic carbocycles. The molecule has 0 aliphatic heterocycles. The molecule has 140 valence electrons. The zero-order chi connectivity index (χ0) is 19.2. The van der Waals surface area contributed by atoms with Gasteiger partial charge in [0.15, 0.2) is 11.5 Å². The van der Waals surface area contributed by atoms with Crippen LogP contribution in [0, 0.1) is 10.1 Å². The second-order valence-corrected chi connectivity index (χ2v) is 6.53. The molecule has 1 rings (SSSR count). The highest BCUT2D eigenvalue weighted by Gasteiger charge is 2.23. The molecule has 1 atom stereocenters. The Morgan fingerprint density at radius 3 is 2.44 bits per heavy atom. The Morgan fingerprint density at radius 1 is 1.32 bits per heavy atom. The topological polar surface area (TPSA) is 108 Å². The maximum Gasteiger partial charge on any atom is 0.306 e. The highest BCUT2D eigenvalue weighted by Crippen LogP contribution is 2.37. The summed E-state index contributed by atoms with van der Waals surface area (Å²) >= 11 is 0. The van der Waals surface area contributed by atoms with Crippen LogP contribution in [-0.2, 0) is 9.53 Å². The summed E-state index contributed by atoms with van der Waals surface area (Å²) in [7, 11) is 1.40. The number of rotatable bonds is 8. The Kier molecular flexibility index (Phi) is 7.17. The number of hydrogen-bond donors (Lipinski definition) is 1. The van der Waals surface area contributed by atoms with E-state index in [2.05, 4.69) is 0 Å². The average molecular weight is 355 g/mol. The van der Waals surface area contributed by atoms with Gasteiger partial charge in [-0.1, -0.05) is 0 Å². The van der Waals surface area contributed by atoms with E-state index in [0.717, 1.165) is 0 Å². The van der Waals surface area contributed by atoms with E-state index in [1.807, 2.05) is 0 Å². The van der Waals surface area contributed by atoms with Gasteiger partial charge in [0.2, 0.25) is 0 Å². The number of aliphatic hydroxyl groups excluding tert-OH is 1. The SMILES string of the molecule is COc1cc(C(C)O)c([N+](=O)[O-])cc1OCCCC(=O)OC(C)(C)C. The van der Waals surface area contributed by atoms with Gasteiger partial charge in [0.25, 0.3) is 5.69 Å². The Hall–Kier alpha value is -2.35. The van der Waals surface area contributed by atoms with Crippen molar-refractivity contribution in [2.45, 2.75) is 52.2 Å². The van der Waals surface area contributed by atoms with Crippen LogP contribution in [0.25, 0.3) is 0 Å². The zero-order valence-corrected chi connectivity index (χ0v) is 15.2. The number of aliphatic hydroxyl groups is 1. The van der Waals surface area contributed by atoms with E-state index < -0.39 is 16.6 Å². The van der Waals surface area contributed by atoms with Crippen LogP contribution >= 0.6 is 0 Å². The largest absolute Gasteiger partial charge is 0.493 e. The van der Waals surface area contributed by atoms with Crippen molar-refractivity contribution in [3.63, 3.8) is 0 Å². The Balaban J connectivity index is 2.77. The molecule has 0 radical (unpaired) electrons. The number of benzene rings is 1. The van der Waals surface area contributed by atoms with Crippen molar-refractivity contribution < 1.29 is 29.0 Å². The van der Waals surface area contributed by atoms with Crippen LogP contribution in [0.15, 0.2) is 12.1 Å². The van der Waals surface area contributed by atoms with Gasteiger partial charge in [-0.25, -0.2) is 0 Å². The maximum absolute atomic E-state index is 11.6. The van der Waals surface area contributed by atoms with Crippen molar-refractivity contribution in [2.75, 3.05) is 13.7 Å². The normalized spacial score (nSPS) is 12.4. The molecule has 1 aromatic rings. The minimum absolute atomic E-state index is 0.142. The predicted octanol–water partition coefficient (Wildman–Crippen LogP) is 3.16. The molecule has 0 saturated heterocycles. The first-order valence-corrected chi connectivity index (χ1v) is 7.94. The van der Waals surface area contributed by atoms with Crippen LogP contribution in [0.4, 0.5) is 5.69 Å². The van der Waals surface area contributed by atoms with Gasteiger partial charge in [0, 0.05) is 6.42 Å². The van der Waals surface area contributed by atoms with Crippen molar-refractivity contribution in [1.82, 2.24) is 0 Å². The quantitative estimate of drug-likeness (QED) is 0.330. The third-order valence-electron chi connectivity index (χ3n) is 3.16. The van der Waals surface area contributed by atoms with E-state index in [0.29, 0.717) is 6.42 Å². The number of hydrogen-bond acceptors (Lipinski definition) is 7. The molecule has 0 aliphatic rings. The van der Waals surface area contributed by atoms with Gasteiger partial charge in [-0.15, -0.1) is 0 Å². The summed E-state index contributed by atoms with van der Waals surface area (Å²) in [4.78, 5) is 22.2. The Labute approximate surface area is 146 Å². The van der Waals surface area contributed by atoms with Crippen molar-refractivity contribution in [2.24, 2.45) is 0 Å². The number of nitro groups is 1. The van der Waals surface area contributed by atoms with Gasteiger partial charge >= 0.3 is 5.97 Å². The molecule has 1 unspecified atom stereocenters. The molecular weight excluding hydrogens is 330 g/mol. The fraction of sp³-hybridized carbons (Fsp3) is 0.588. The Morgan fingerprint density at radius 2 is 1.96 bits per heavy atom. The predicted molar refractivity (Wildman–Crippen MR) is 90.9 cm³/mol. The Bertz CT molecular complexity index is 620. The third-order valence-corrected chi connectivity index (χ3v) is 3.16. The zero-order valence-electron chi connectivity index (χ0n) is 15.2. The van der Waals surface area contributed by atoms with E-state index in [4.69, 9.17) is 14.2 Å². The number of carbonyl (C=O) groups excluding carboxylic acids is 1. The first-order valence-electron chi connectivity index (χ1n) is 7.94. The van der Waals surface area contributed by atoms with Crippen LogP contribution in [0.3, 0.4) is 0 Å². The molecule has 0 heterocycles. The van der Waals surface area contributed by atoms with E-state index in [1.54, 1.807) is 20.8 Å². The number of esters is 1. The van der Waals surface area contributed by atoms with E-state index in [9.17, 15) is 20.0 Å². The number of nitrogens with zero attached hydrogens (tertiary/aromatic N) is 1. The van der Waals surface area contributed by atoms with E-state index in [-0.39, 0.29) is 41.7 Å². The average Bonchev–Trinajstić information content (AvgIpc) is 2.48. The number of nitro benzene ring substituents is 1. The van der Waals surface area contributed by atoms with Crippen molar-refractivity contribution >= 4 is 11.7 Å². The molecule has 0 saturated carbocycles. The van der Waals surface area contributed by atoms with Crippen LogP contribution in [-0.4, -0.2) is 35.3 Å². The molecule has 0 spiro atoms. The lowest BCUT2D eigenvalue weighted by molar-refractivity contribution is -0.386. The molecule has 1 N–H and O–H groups in total. The summed E-state index contributed by atoms with van der Waals surface area (Å²) in [6.07, 6.45) is -0.451. The summed E-state index contributed by atoms with van der Waals surface area (Å²) < 4.78 is 15.9. The second kappa shape index (κ2) is 8.66. The lowest BCUT2D eigenvalue weighted by atomic mass is 10.1. The summed E-state index contributed by atoms with van der Waals surface area (Å²) in [5, 5.41) is 20.8. The lowest BCUT2D eigenvalue weighted by Crippen LogP contribution is -2.24. The molecule has 1 aromatic carbocycles. The molecule has 25 heavy (non-hydrogen) atoms. The molecule has 8 heteroatoms. The minimum Gasteiger partial charge on any atom is -0.493 e. The summed E-state index contributed by atoms with van der Waals surface area (Å²) in [5.74, 6) is 0.125. The highest BCUT2D eigenvalue weighted by atomic mass is 16.6. The van der Waals surface area contributed by atoms with Gasteiger partial charge in [0.05, 0.1) is 36.4 Å². The van der Waals surface area contributed by atoms with Gasteiger partial charge in [-0.2, -0.15) is 0 Å². The highest BCUT2D eigenvalue weighted by molar-refractivity contribution is 5.69. The third kappa shape index (κ3) is 6.58. The molecule has 0 amide bonds. The fourth-order valence-corrected chi connectivity index (χ4v) is 2.12. The maximum atomic E-state index is 11.6. The molecule has 8 nitrogen and oxygen atoms in total. The summed E-state index contributed by atoms with van der Waals surface area (Å²) in [5.41, 5.74) is -0.653. The van der Waals surface area contributed by atoms with Crippen LogP contribution in [0.2, 0.25) is 0 Å². The second-order valence-electron chi connectivity index (χ2n) is 6.53. The molecule has 0 aromatic heterocycles. The first kappa shape index (κ1) is 20.7. The van der Waals surface area contributed by atoms with Gasteiger partial charge in [-0.3, -0.25) is 14.9 Å². The number of carbonyl (C=O) groups is 1. The fourth-order valence-electron chi connectivity index (χ4n) is 2.12. The van der Waals surface area contributed by atoms with Gasteiger partial charge < -0.3 is 19.3 Å². The van der Waals surface area contributed by atoms with Crippen molar-refractivity contribution in [3.8, 4) is 11.5 Å². The van der Waals surface area contributed by atoms with Crippen molar-refractivity contribution in [1.29, 1.82) is 0 Å². The van der Waals surface area contributed by atoms with Crippen LogP contribution < -0.4 is 9.47 Å².